The van der Waals surface area contributed by atoms with Gasteiger partial charge in [0.15, 0.2) is 0 Å². The van der Waals surface area contributed by atoms with E-state index in [0.29, 0.717) is 23.0 Å². The summed E-state index contributed by atoms with van der Waals surface area (Å²) in [6, 6.07) is 13.9. The smallest absolute Gasteiger partial charge is 0.204 e. The zero-order valence-electron chi connectivity index (χ0n) is 21.4. The maximum absolute atomic E-state index is 14.1. The van der Waals surface area contributed by atoms with Crippen LogP contribution in [0.5, 0.6) is 0 Å². The number of aromatic nitrogens is 2. The molecule has 3 fully saturated rings. The summed E-state index contributed by atoms with van der Waals surface area (Å²) in [5, 5.41) is 9.27. The number of anilines is 1. The Kier molecular flexibility index (Phi) is 6.60. The highest BCUT2D eigenvalue weighted by molar-refractivity contribution is 6.31. The Morgan fingerprint density at radius 2 is 2.00 bits per heavy atom. The number of aromatic amines is 1. The average Bonchev–Trinajstić information content (AvgIpc) is 3.52. The van der Waals surface area contributed by atoms with Gasteiger partial charge in [-0.15, -0.1) is 0 Å². The number of halogens is 2. The molecule has 0 spiro atoms. The molecule has 2 aliphatic carbocycles. The molecule has 1 N–H and O–H groups in total. The molecule has 0 radical (unpaired) electrons. The number of benzene rings is 2. The van der Waals surface area contributed by atoms with Crippen LogP contribution >= 0.6 is 11.6 Å². The van der Waals surface area contributed by atoms with Crippen LogP contribution in [-0.2, 0) is 5.41 Å². The van der Waals surface area contributed by atoms with E-state index < -0.39 is 5.82 Å². The summed E-state index contributed by atoms with van der Waals surface area (Å²) < 4.78 is 14.1. The Bertz CT molecular complexity index is 1270. The fourth-order valence-corrected chi connectivity index (χ4v) is 6.81. The van der Waals surface area contributed by atoms with Crippen molar-refractivity contribution in [2.24, 2.45) is 5.92 Å². The molecule has 6 nitrogen and oxygen atoms in total. The van der Waals surface area contributed by atoms with Gasteiger partial charge >= 0.3 is 0 Å². The molecule has 194 valence electrons. The molecule has 2 saturated carbocycles. The minimum atomic E-state index is -0.422. The number of hydrogen-bond acceptors (Lipinski definition) is 5. The fourth-order valence-electron chi connectivity index (χ4n) is 6.65. The van der Waals surface area contributed by atoms with Gasteiger partial charge in [0.25, 0.3) is 0 Å². The van der Waals surface area contributed by atoms with Crippen LogP contribution in [0.1, 0.15) is 43.2 Å². The van der Waals surface area contributed by atoms with Crippen LogP contribution in [0.15, 0.2) is 36.4 Å². The van der Waals surface area contributed by atoms with Crippen LogP contribution < -0.4 is 4.90 Å². The Balaban J connectivity index is 1.19. The number of nitrogens with zero attached hydrogens (tertiary/aromatic N) is 5. The average molecular weight is 521 g/mol. The summed E-state index contributed by atoms with van der Waals surface area (Å²) in [5.41, 5.74) is 3.76. The van der Waals surface area contributed by atoms with Gasteiger partial charge in [0.1, 0.15) is 5.82 Å². The SMILES string of the molecule is CN1CCN(CCCN(c2nc3cc(Cl)c(F)cc3[nH]2)[C@@H]2CC[C@]3(c4ccc(C#N)cc4)C[C@@H]3C2)CC1. The predicted molar refractivity (Wildman–Crippen MR) is 146 cm³/mol. The van der Waals surface area contributed by atoms with Gasteiger partial charge in [-0.2, -0.15) is 5.26 Å². The summed E-state index contributed by atoms with van der Waals surface area (Å²) >= 11 is 6.05. The van der Waals surface area contributed by atoms with Gasteiger partial charge in [-0.25, -0.2) is 9.37 Å². The van der Waals surface area contributed by atoms with Crippen molar-refractivity contribution in [2.75, 3.05) is 51.2 Å². The number of hydrogen-bond donors (Lipinski definition) is 1. The monoisotopic (exact) mass is 520 g/mol. The maximum Gasteiger partial charge on any atom is 0.204 e. The van der Waals surface area contributed by atoms with E-state index in [1.54, 1.807) is 6.07 Å². The molecule has 0 unspecified atom stereocenters. The van der Waals surface area contributed by atoms with Crippen molar-refractivity contribution in [1.82, 2.24) is 19.8 Å². The second kappa shape index (κ2) is 9.90. The Morgan fingerprint density at radius 1 is 1.22 bits per heavy atom. The van der Waals surface area contributed by atoms with E-state index in [1.807, 2.05) is 12.1 Å². The lowest BCUT2D eigenvalue weighted by Gasteiger charge is -2.38. The number of fused-ring (bicyclic) bond motifs is 2. The van der Waals surface area contributed by atoms with Crippen molar-refractivity contribution in [3.63, 3.8) is 0 Å². The number of likely N-dealkylation sites (N-methyl/N-ethyl adjacent to an activating group) is 1. The number of H-pyrrole nitrogens is 1. The van der Waals surface area contributed by atoms with E-state index >= 15 is 0 Å². The molecule has 1 aliphatic heterocycles. The summed E-state index contributed by atoms with van der Waals surface area (Å²) in [4.78, 5) is 15.7. The molecule has 3 atom stereocenters. The molecule has 1 aromatic heterocycles. The first kappa shape index (κ1) is 24.7. The highest BCUT2D eigenvalue weighted by Gasteiger charge is 2.58. The van der Waals surface area contributed by atoms with Crippen molar-refractivity contribution >= 4 is 28.6 Å². The first-order chi connectivity index (χ1) is 17.9. The van der Waals surface area contributed by atoms with Gasteiger partial charge in [0.2, 0.25) is 5.95 Å². The zero-order chi connectivity index (χ0) is 25.6. The van der Waals surface area contributed by atoms with E-state index in [0.717, 1.165) is 76.5 Å². The van der Waals surface area contributed by atoms with Crippen LogP contribution in [0.2, 0.25) is 5.02 Å². The van der Waals surface area contributed by atoms with Gasteiger partial charge in [0.05, 0.1) is 27.7 Å². The quantitative estimate of drug-likeness (QED) is 0.465. The third-order valence-electron chi connectivity index (χ3n) is 8.99. The molecule has 2 heterocycles. The van der Waals surface area contributed by atoms with Gasteiger partial charge in [-0.1, -0.05) is 23.7 Å². The third kappa shape index (κ3) is 4.83. The molecule has 0 bridgehead atoms. The van der Waals surface area contributed by atoms with Crippen molar-refractivity contribution < 1.29 is 4.39 Å². The molecule has 3 aromatic rings. The van der Waals surface area contributed by atoms with Crippen molar-refractivity contribution in [2.45, 2.75) is 43.6 Å². The van der Waals surface area contributed by atoms with Gasteiger partial charge < -0.3 is 19.7 Å². The van der Waals surface area contributed by atoms with Gasteiger partial charge in [-0.05, 0) is 80.8 Å². The molecule has 0 amide bonds. The third-order valence-corrected chi connectivity index (χ3v) is 9.28. The highest BCUT2D eigenvalue weighted by Crippen LogP contribution is 2.63. The molecule has 37 heavy (non-hydrogen) atoms. The Labute approximate surface area is 223 Å². The molecular formula is C29H34ClFN6. The molecule has 2 aromatic carbocycles. The summed E-state index contributed by atoms with van der Waals surface area (Å²) in [6.45, 7) is 6.50. The number of piperazine rings is 1. The minimum absolute atomic E-state index is 0.106. The van der Waals surface area contributed by atoms with E-state index in [4.69, 9.17) is 21.8 Å². The summed E-state index contributed by atoms with van der Waals surface area (Å²) in [6.07, 6.45) is 5.64. The van der Waals surface area contributed by atoms with E-state index in [2.05, 4.69) is 44.9 Å². The van der Waals surface area contributed by atoms with Crippen LogP contribution in [0.25, 0.3) is 11.0 Å². The van der Waals surface area contributed by atoms with Crippen LogP contribution in [0.4, 0.5) is 10.3 Å². The van der Waals surface area contributed by atoms with Gasteiger partial charge in [-0.3, -0.25) is 0 Å². The highest BCUT2D eigenvalue weighted by atomic mass is 35.5. The standard InChI is InChI=1S/C29H34ClFN6/c1-35-11-13-36(14-12-35)9-2-10-37(28-33-26-16-24(30)25(31)17-27(26)34-28)23-7-8-29(18-22(29)15-23)21-5-3-20(19-32)4-6-21/h3-6,16-17,22-23H,2,7-15,18H2,1H3,(H,33,34)/t22-,23+,29+/m0/s1. The molecule has 1 saturated heterocycles. The number of nitrogens with one attached hydrogen (secondary N) is 1. The first-order valence-corrected chi connectivity index (χ1v) is 13.9. The van der Waals surface area contributed by atoms with Crippen LogP contribution in [-0.4, -0.2) is 72.1 Å². The van der Waals surface area contributed by atoms with E-state index in [-0.39, 0.29) is 10.4 Å². The topological polar surface area (TPSA) is 62.2 Å². The zero-order valence-corrected chi connectivity index (χ0v) is 22.1. The normalized spacial score (nSPS) is 26.1. The summed E-state index contributed by atoms with van der Waals surface area (Å²) in [5.74, 6) is 1.05. The minimum Gasteiger partial charge on any atom is -0.339 e. The van der Waals surface area contributed by atoms with Crippen molar-refractivity contribution in [3.8, 4) is 6.07 Å². The predicted octanol–water partition coefficient (Wildman–Crippen LogP) is 5.18. The fraction of sp³-hybridized carbons (Fsp3) is 0.517. The van der Waals surface area contributed by atoms with Crippen LogP contribution in [0.3, 0.4) is 0 Å². The number of rotatable bonds is 7. The lowest BCUT2D eigenvalue weighted by Crippen LogP contribution is -2.46. The molecule has 3 aliphatic rings. The lowest BCUT2D eigenvalue weighted by molar-refractivity contribution is 0.153. The summed E-state index contributed by atoms with van der Waals surface area (Å²) in [7, 11) is 2.19. The largest absolute Gasteiger partial charge is 0.339 e. The van der Waals surface area contributed by atoms with Crippen molar-refractivity contribution in [3.05, 3.63) is 58.4 Å². The van der Waals surface area contributed by atoms with E-state index in [1.165, 1.54) is 18.1 Å². The van der Waals surface area contributed by atoms with Crippen molar-refractivity contribution in [1.29, 1.82) is 5.26 Å². The van der Waals surface area contributed by atoms with Crippen LogP contribution in [0, 0.1) is 23.1 Å². The molecule has 6 rings (SSSR count). The Hall–Kier alpha value is -2.66. The van der Waals surface area contributed by atoms with Gasteiger partial charge in [0, 0.05) is 44.8 Å². The molecule has 8 heteroatoms. The Morgan fingerprint density at radius 3 is 2.73 bits per heavy atom. The maximum atomic E-state index is 14.1. The number of nitriles is 1. The number of imidazole rings is 1. The van der Waals surface area contributed by atoms with E-state index in [9.17, 15) is 4.39 Å². The lowest BCUT2D eigenvalue weighted by atomic mass is 9.80. The first-order valence-electron chi connectivity index (χ1n) is 13.5. The second-order valence-corrected chi connectivity index (χ2v) is 11.6. The second-order valence-electron chi connectivity index (χ2n) is 11.2. The molecular weight excluding hydrogens is 487 g/mol.